The molecule has 0 aromatic carbocycles. The Bertz CT molecular complexity index is 563. The lowest BCUT2D eigenvalue weighted by molar-refractivity contribution is -0.138. The van der Waals surface area contributed by atoms with Crippen LogP contribution in [0.25, 0.3) is 0 Å². The molecule has 7 nitrogen and oxygen atoms in total. The molecule has 0 saturated carbocycles. The number of nitrogens with two attached hydrogens (primary N) is 1. The summed E-state index contributed by atoms with van der Waals surface area (Å²) in [6, 6.07) is 1.51. The quantitative estimate of drug-likeness (QED) is 0.894. The molecular weight excluding hydrogens is 284 g/mol. The Hall–Kier alpha value is -2.05. The van der Waals surface area contributed by atoms with Gasteiger partial charge in [-0.05, 0) is 32.6 Å². The molecule has 3 rings (SSSR count). The molecule has 0 aliphatic carbocycles. The summed E-state index contributed by atoms with van der Waals surface area (Å²) in [4.78, 5) is 27.5. The van der Waals surface area contributed by atoms with Gasteiger partial charge in [-0.15, -0.1) is 0 Å². The number of amides is 3. The van der Waals surface area contributed by atoms with Crippen LogP contribution in [-0.4, -0.2) is 46.5 Å². The highest BCUT2D eigenvalue weighted by molar-refractivity contribution is 5.80. The van der Waals surface area contributed by atoms with Crippen LogP contribution in [-0.2, 0) is 4.79 Å². The fourth-order valence-electron chi connectivity index (χ4n) is 3.45. The standard InChI is InChI=1S/C15H22N4O3/c1-10-9-13(22-17-10)12-3-2-6-19(12)14(20)11-4-7-18(8-5-11)15(16)21/h9,11-12H,2-8H2,1H3,(H2,16,21). The van der Waals surface area contributed by atoms with Gasteiger partial charge in [0.25, 0.3) is 0 Å². The fraction of sp³-hybridized carbons (Fsp3) is 0.667. The van der Waals surface area contributed by atoms with Gasteiger partial charge in [-0.3, -0.25) is 4.79 Å². The van der Waals surface area contributed by atoms with Crippen molar-refractivity contribution in [1.29, 1.82) is 0 Å². The molecular formula is C15H22N4O3. The number of nitrogens with zero attached hydrogens (tertiary/aromatic N) is 3. The summed E-state index contributed by atoms with van der Waals surface area (Å²) in [7, 11) is 0. The van der Waals surface area contributed by atoms with E-state index in [-0.39, 0.29) is 17.9 Å². The number of likely N-dealkylation sites (tertiary alicyclic amines) is 2. The average Bonchev–Trinajstić information content (AvgIpc) is 3.15. The van der Waals surface area contributed by atoms with Gasteiger partial charge in [-0.25, -0.2) is 4.79 Å². The zero-order valence-electron chi connectivity index (χ0n) is 12.8. The zero-order chi connectivity index (χ0) is 15.7. The highest BCUT2D eigenvalue weighted by atomic mass is 16.5. The Morgan fingerprint density at radius 1 is 1.27 bits per heavy atom. The molecule has 1 aromatic heterocycles. The molecule has 0 bridgehead atoms. The van der Waals surface area contributed by atoms with Gasteiger partial charge in [0.1, 0.15) is 0 Å². The predicted molar refractivity (Wildman–Crippen MR) is 78.8 cm³/mol. The average molecular weight is 306 g/mol. The van der Waals surface area contributed by atoms with Gasteiger partial charge in [-0.1, -0.05) is 5.16 Å². The summed E-state index contributed by atoms with van der Waals surface area (Å²) in [5.41, 5.74) is 6.12. The first kappa shape index (κ1) is 14.9. The summed E-state index contributed by atoms with van der Waals surface area (Å²) in [6.45, 7) is 3.77. The minimum Gasteiger partial charge on any atom is -0.359 e. The molecule has 2 N–H and O–H groups in total. The van der Waals surface area contributed by atoms with E-state index in [2.05, 4.69) is 5.16 Å². The molecule has 1 unspecified atom stereocenters. The van der Waals surface area contributed by atoms with E-state index in [4.69, 9.17) is 10.3 Å². The molecule has 22 heavy (non-hydrogen) atoms. The zero-order valence-corrected chi connectivity index (χ0v) is 12.8. The van der Waals surface area contributed by atoms with Crippen LogP contribution in [0.15, 0.2) is 10.6 Å². The first-order valence-electron chi connectivity index (χ1n) is 7.84. The van der Waals surface area contributed by atoms with Crippen molar-refractivity contribution in [2.24, 2.45) is 11.7 Å². The van der Waals surface area contributed by atoms with E-state index in [0.717, 1.165) is 30.8 Å². The topological polar surface area (TPSA) is 92.7 Å². The number of carbonyl (C=O) groups excluding carboxylic acids is 2. The Labute approximate surface area is 129 Å². The van der Waals surface area contributed by atoms with Gasteiger partial charge in [0.05, 0.1) is 11.7 Å². The summed E-state index contributed by atoms with van der Waals surface area (Å²) in [5, 5.41) is 3.93. The minimum atomic E-state index is -0.401. The lowest BCUT2D eigenvalue weighted by atomic mass is 9.95. The van der Waals surface area contributed by atoms with E-state index < -0.39 is 6.03 Å². The molecule has 0 radical (unpaired) electrons. The summed E-state index contributed by atoms with van der Waals surface area (Å²) in [5.74, 6) is 0.916. The van der Waals surface area contributed by atoms with Crippen LogP contribution in [0.2, 0.25) is 0 Å². The third-order valence-corrected chi connectivity index (χ3v) is 4.67. The van der Waals surface area contributed by atoms with E-state index in [9.17, 15) is 9.59 Å². The lowest BCUT2D eigenvalue weighted by Crippen LogP contribution is -2.45. The number of aryl methyl sites for hydroxylation is 1. The molecule has 7 heteroatoms. The molecule has 2 aliphatic rings. The third-order valence-electron chi connectivity index (χ3n) is 4.67. The second-order valence-electron chi connectivity index (χ2n) is 6.16. The molecule has 3 amide bonds. The van der Waals surface area contributed by atoms with Gasteiger partial charge < -0.3 is 20.1 Å². The highest BCUT2D eigenvalue weighted by Gasteiger charge is 2.37. The molecule has 2 aliphatic heterocycles. The fourth-order valence-corrected chi connectivity index (χ4v) is 3.45. The molecule has 3 heterocycles. The van der Waals surface area contributed by atoms with Crippen molar-refractivity contribution < 1.29 is 14.1 Å². The minimum absolute atomic E-state index is 0.00266. The molecule has 1 atom stereocenters. The van der Waals surface area contributed by atoms with Gasteiger partial charge >= 0.3 is 6.03 Å². The maximum atomic E-state index is 12.8. The van der Waals surface area contributed by atoms with Gasteiger partial charge in [0.15, 0.2) is 5.76 Å². The van der Waals surface area contributed by atoms with E-state index in [1.807, 2.05) is 17.9 Å². The van der Waals surface area contributed by atoms with Crippen molar-refractivity contribution in [3.05, 3.63) is 17.5 Å². The van der Waals surface area contributed by atoms with Crippen molar-refractivity contribution in [3.63, 3.8) is 0 Å². The Morgan fingerprint density at radius 3 is 2.59 bits per heavy atom. The van der Waals surface area contributed by atoms with Crippen molar-refractivity contribution in [2.45, 2.75) is 38.6 Å². The molecule has 1 aromatic rings. The Morgan fingerprint density at radius 2 is 2.00 bits per heavy atom. The molecule has 2 saturated heterocycles. The largest absolute Gasteiger partial charge is 0.359 e. The van der Waals surface area contributed by atoms with Crippen LogP contribution >= 0.6 is 0 Å². The van der Waals surface area contributed by atoms with E-state index in [1.54, 1.807) is 4.90 Å². The Balaban J connectivity index is 1.65. The normalized spacial score (nSPS) is 23.0. The number of urea groups is 1. The van der Waals surface area contributed by atoms with Gasteiger partial charge in [0.2, 0.25) is 5.91 Å². The summed E-state index contributed by atoms with van der Waals surface area (Å²) < 4.78 is 5.35. The number of piperidine rings is 1. The first-order chi connectivity index (χ1) is 10.6. The monoisotopic (exact) mass is 306 g/mol. The molecule has 2 fully saturated rings. The Kier molecular flexibility index (Phi) is 4.04. The summed E-state index contributed by atoms with van der Waals surface area (Å²) in [6.07, 6.45) is 3.26. The van der Waals surface area contributed by atoms with Crippen LogP contribution in [0, 0.1) is 12.8 Å². The number of primary amides is 1. The van der Waals surface area contributed by atoms with Crippen molar-refractivity contribution in [2.75, 3.05) is 19.6 Å². The first-order valence-corrected chi connectivity index (χ1v) is 7.84. The van der Waals surface area contributed by atoms with E-state index in [0.29, 0.717) is 25.9 Å². The van der Waals surface area contributed by atoms with Crippen LogP contribution in [0.1, 0.15) is 43.2 Å². The van der Waals surface area contributed by atoms with Crippen molar-refractivity contribution in [3.8, 4) is 0 Å². The lowest BCUT2D eigenvalue weighted by Gasteiger charge is -2.33. The molecule has 0 spiro atoms. The number of aromatic nitrogens is 1. The smallest absolute Gasteiger partial charge is 0.314 e. The number of carbonyl (C=O) groups is 2. The highest BCUT2D eigenvalue weighted by Crippen LogP contribution is 2.34. The van der Waals surface area contributed by atoms with Gasteiger partial charge in [0, 0.05) is 31.6 Å². The SMILES string of the molecule is Cc1cc(C2CCCN2C(=O)C2CCN(C(N)=O)CC2)on1. The number of rotatable bonds is 2. The maximum absolute atomic E-state index is 12.8. The second-order valence-corrected chi connectivity index (χ2v) is 6.16. The van der Waals surface area contributed by atoms with Crippen LogP contribution < -0.4 is 5.73 Å². The van der Waals surface area contributed by atoms with Crippen molar-refractivity contribution >= 4 is 11.9 Å². The maximum Gasteiger partial charge on any atom is 0.314 e. The predicted octanol–water partition coefficient (Wildman–Crippen LogP) is 1.44. The van der Waals surface area contributed by atoms with Crippen LogP contribution in [0.5, 0.6) is 0 Å². The number of hydrogen-bond acceptors (Lipinski definition) is 4. The second kappa shape index (κ2) is 5.98. The van der Waals surface area contributed by atoms with Crippen molar-refractivity contribution in [1.82, 2.24) is 15.0 Å². The number of hydrogen-bond donors (Lipinski definition) is 1. The van der Waals surface area contributed by atoms with Gasteiger partial charge in [-0.2, -0.15) is 0 Å². The third kappa shape index (κ3) is 2.80. The van der Waals surface area contributed by atoms with E-state index >= 15 is 0 Å². The molecule has 120 valence electrons. The van der Waals surface area contributed by atoms with E-state index in [1.165, 1.54) is 0 Å². The van der Waals surface area contributed by atoms with Crippen LogP contribution in [0.3, 0.4) is 0 Å². The summed E-state index contributed by atoms with van der Waals surface area (Å²) >= 11 is 0. The van der Waals surface area contributed by atoms with Crippen LogP contribution in [0.4, 0.5) is 4.79 Å².